The normalized spacial score (nSPS) is 26.1. The summed E-state index contributed by atoms with van der Waals surface area (Å²) in [5, 5.41) is 11.3. The monoisotopic (exact) mass is 208 g/mol. The Kier molecular flexibility index (Phi) is 4.66. The minimum absolute atomic E-state index is 0.0399. The first-order valence-electron chi connectivity index (χ1n) is 4.51. The van der Waals surface area contributed by atoms with Crippen molar-refractivity contribution in [3.8, 4) is 0 Å². The summed E-state index contributed by atoms with van der Waals surface area (Å²) in [6.07, 6.45) is 3.40. The summed E-state index contributed by atoms with van der Waals surface area (Å²) in [6, 6.07) is 0. The first kappa shape index (κ1) is 13.2. The van der Waals surface area contributed by atoms with Crippen LogP contribution in [0.1, 0.15) is 47.0 Å². The van der Waals surface area contributed by atoms with Crippen LogP contribution in [0.3, 0.4) is 0 Å². The van der Waals surface area contributed by atoms with Gasteiger partial charge in [-0.2, -0.15) is 5.06 Å². The molecular weight excluding hydrogens is 190 g/mol. The van der Waals surface area contributed by atoms with Crippen molar-refractivity contribution in [1.29, 1.82) is 0 Å². The molecule has 0 aromatic heterocycles. The predicted molar refractivity (Wildman–Crippen MR) is 51.5 cm³/mol. The Morgan fingerprint density at radius 1 is 1.08 bits per heavy atom. The molecule has 0 aromatic rings. The van der Waals surface area contributed by atoms with Crippen LogP contribution < -0.4 is 4.66 Å². The minimum Gasteiger partial charge on any atom is -0.769 e. The van der Waals surface area contributed by atoms with Crippen molar-refractivity contribution in [2.24, 2.45) is 0 Å². The molecule has 1 fully saturated rings. The molecule has 80 valence electrons. The van der Waals surface area contributed by atoms with E-state index in [-0.39, 0.29) is 11.1 Å². The maximum Gasteiger partial charge on any atom is 0.0410 e. The number of piperidine rings is 1. The van der Waals surface area contributed by atoms with Crippen LogP contribution in [0.25, 0.3) is 0 Å². The molecule has 0 amide bonds. The van der Waals surface area contributed by atoms with Crippen LogP contribution in [0.15, 0.2) is 0 Å². The van der Waals surface area contributed by atoms with E-state index in [1.165, 1.54) is 11.5 Å². The highest BCUT2D eigenvalue weighted by Crippen LogP contribution is 2.35. The average molecular weight is 209 g/mol. The molecule has 1 heterocycles. The molecule has 1 aliphatic heterocycles. The van der Waals surface area contributed by atoms with Crippen molar-refractivity contribution in [2.45, 2.75) is 58.0 Å². The van der Waals surface area contributed by atoms with Crippen molar-refractivity contribution in [3.05, 3.63) is 0 Å². The van der Waals surface area contributed by atoms with Gasteiger partial charge in [0.15, 0.2) is 0 Å². The van der Waals surface area contributed by atoms with Crippen LogP contribution in [0.4, 0.5) is 0 Å². The summed E-state index contributed by atoms with van der Waals surface area (Å²) in [4.78, 5) is 0. The van der Waals surface area contributed by atoms with Gasteiger partial charge in [-0.1, -0.05) is 0 Å². The number of halogens is 1. The number of hydrogen-bond donors (Lipinski definition) is 1. The fourth-order valence-electron chi connectivity index (χ4n) is 1.98. The molecule has 0 bridgehead atoms. The molecule has 1 rings (SSSR count). The van der Waals surface area contributed by atoms with E-state index in [9.17, 15) is 5.21 Å². The largest absolute Gasteiger partial charge is 0.769 e. The summed E-state index contributed by atoms with van der Waals surface area (Å²) in [6.45, 7) is 8.36. The van der Waals surface area contributed by atoms with Crippen LogP contribution in [0.5, 0.6) is 0 Å². The summed E-state index contributed by atoms with van der Waals surface area (Å²) in [5.41, 5.74) is -0.0799. The van der Waals surface area contributed by atoms with E-state index in [4.69, 9.17) is 4.66 Å². The molecule has 0 saturated carbocycles. The van der Waals surface area contributed by atoms with Gasteiger partial charge in [0, 0.05) is 11.1 Å². The summed E-state index contributed by atoms with van der Waals surface area (Å²) in [5.74, 6) is 0. The smallest absolute Gasteiger partial charge is 0.0410 e. The Labute approximate surface area is 85.4 Å². The predicted octanol–water partition coefficient (Wildman–Crippen LogP) is 1.92. The fourth-order valence-corrected chi connectivity index (χ4v) is 1.98. The maximum absolute atomic E-state index is 9.80. The zero-order valence-corrected chi connectivity index (χ0v) is 9.56. The highest BCUT2D eigenvalue weighted by atomic mass is 35.5. The first-order valence-corrected chi connectivity index (χ1v) is 4.82. The van der Waals surface area contributed by atoms with Crippen LogP contribution >= 0.6 is 11.9 Å². The molecule has 1 saturated heterocycles. The molecule has 4 heteroatoms. The summed E-state index contributed by atoms with van der Waals surface area (Å²) < 4.78 is 7.72. The van der Waals surface area contributed by atoms with Crippen LogP contribution in [-0.2, 0) is 0 Å². The van der Waals surface area contributed by atoms with E-state index < -0.39 is 0 Å². The van der Waals surface area contributed by atoms with E-state index in [0.29, 0.717) is 0 Å². The van der Waals surface area contributed by atoms with Gasteiger partial charge in [0.05, 0.1) is 0 Å². The molecular formula is C9H19ClNO2-. The van der Waals surface area contributed by atoms with Gasteiger partial charge in [0.25, 0.3) is 0 Å². The second-order valence-electron chi connectivity index (χ2n) is 4.79. The summed E-state index contributed by atoms with van der Waals surface area (Å²) in [7, 11) is 0. The van der Waals surface area contributed by atoms with Gasteiger partial charge in [0.1, 0.15) is 0 Å². The Hall–Kier alpha value is 0.170. The highest BCUT2D eigenvalue weighted by Gasteiger charge is 2.40. The van der Waals surface area contributed by atoms with Crippen molar-refractivity contribution < 1.29 is 9.87 Å². The fraction of sp³-hybridized carbons (Fsp3) is 1.00. The first-order chi connectivity index (χ1) is 5.86. The van der Waals surface area contributed by atoms with Crippen molar-refractivity contribution in [1.82, 2.24) is 5.06 Å². The van der Waals surface area contributed by atoms with E-state index in [1.54, 1.807) is 0 Å². The third-order valence-corrected chi connectivity index (χ3v) is 2.72. The van der Waals surface area contributed by atoms with Gasteiger partial charge in [-0.25, -0.2) is 11.9 Å². The number of nitrogens with zero attached hydrogens (tertiary/aromatic N) is 1. The van der Waals surface area contributed by atoms with Gasteiger partial charge in [-0.3, -0.25) is 0 Å². The molecule has 0 aromatic carbocycles. The Bertz CT molecular complexity index is 144. The number of rotatable bonds is 0. The van der Waals surface area contributed by atoms with Crippen LogP contribution in [-0.4, -0.2) is 21.3 Å². The molecule has 0 unspecified atom stereocenters. The lowest BCUT2D eigenvalue weighted by Crippen LogP contribution is -2.56. The molecule has 0 radical (unpaired) electrons. The Balaban J connectivity index is 0.000000671. The van der Waals surface area contributed by atoms with E-state index in [0.717, 1.165) is 12.8 Å². The molecule has 1 N–H and O–H groups in total. The molecule has 1 aliphatic rings. The van der Waals surface area contributed by atoms with Gasteiger partial charge in [0.2, 0.25) is 0 Å². The SMILES string of the molecule is CC1(C)CCCC(C)(C)N1O.[O-]Cl. The highest BCUT2D eigenvalue weighted by molar-refractivity contribution is 6.02. The lowest BCUT2D eigenvalue weighted by molar-refractivity contribution is -0.241. The topological polar surface area (TPSA) is 46.5 Å². The van der Waals surface area contributed by atoms with Crippen LogP contribution in [0.2, 0.25) is 0 Å². The molecule has 13 heavy (non-hydrogen) atoms. The zero-order chi connectivity index (χ0) is 10.7. The quantitative estimate of drug-likeness (QED) is 0.662. The Morgan fingerprint density at radius 2 is 1.38 bits per heavy atom. The van der Waals surface area contributed by atoms with E-state index in [2.05, 4.69) is 39.6 Å². The van der Waals surface area contributed by atoms with Crippen molar-refractivity contribution >= 4 is 11.9 Å². The number of hydroxylamine groups is 2. The van der Waals surface area contributed by atoms with Gasteiger partial charge < -0.3 is 9.87 Å². The average Bonchev–Trinajstić information content (AvgIpc) is 2.04. The van der Waals surface area contributed by atoms with Crippen molar-refractivity contribution in [2.75, 3.05) is 0 Å². The van der Waals surface area contributed by atoms with E-state index in [1.807, 2.05) is 0 Å². The third-order valence-electron chi connectivity index (χ3n) is 2.72. The van der Waals surface area contributed by atoms with E-state index >= 15 is 0 Å². The molecule has 3 nitrogen and oxygen atoms in total. The standard InChI is InChI=1S/C9H19NO.ClO/c1-8(2)6-5-7-9(3,4)10(8)11;1-2/h11H,5-7H2,1-4H3;/q;-1. The lowest BCUT2D eigenvalue weighted by atomic mass is 9.82. The second kappa shape index (κ2) is 4.60. The Morgan fingerprint density at radius 3 is 1.62 bits per heavy atom. The van der Waals surface area contributed by atoms with Crippen molar-refractivity contribution in [3.63, 3.8) is 0 Å². The molecule has 0 atom stereocenters. The van der Waals surface area contributed by atoms with Gasteiger partial charge in [-0.15, -0.1) is 0 Å². The third kappa shape index (κ3) is 3.09. The zero-order valence-electron chi connectivity index (χ0n) is 8.80. The molecule has 0 aliphatic carbocycles. The minimum atomic E-state index is -0.0399. The second-order valence-corrected chi connectivity index (χ2v) is 4.79. The number of hydrogen-bond acceptors (Lipinski definition) is 3. The lowest BCUT2D eigenvalue weighted by Gasteiger charge is -2.48. The van der Waals surface area contributed by atoms with Gasteiger partial charge >= 0.3 is 0 Å². The maximum atomic E-state index is 9.80. The summed E-state index contributed by atoms with van der Waals surface area (Å²) >= 11 is 3.39. The molecule has 0 spiro atoms. The van der Waals surface area contributed by atoms with Gasteiger partial charge in [-0.05, 0) is 47.0 Å². The van der Waals surface area contributed by atoms with Crippen LogP contribution in [0, 0.1) is 0 Å².